The number of aryl methyl sites for hydroxylation is 1. The van der Waals surface area contributed by atoms with Gasteiger partial charge in [-0.15, -0.1) is 0 Å². The molecule has 0 aliphatic heterocycles. The summed E-state index contributed by atoms with van der Waals surface area (Å²) in [5, 5.41) is 18.7. The van der Waals surface area contributed by atoms with Crippen LogP contribution < -0.4 is 11.1 Å². The number of hydrogen-bond donors (Lipinski definition) is 3. The largest absolute Gasteiger partial charge is 0.409 e. The van der Waals surface area contributed by atoms with E-state index in [4.69, 9.17) is 10.9 Å². The van der Waals surface area contributed by atoms with Crippen LogP contribution in [-0.4, -0.2) is 27.4 Å². The molecule has 0 bridgehead atoms. The van der Waals surface area contributed by atoms with Crippen molar-refractivity contribution < 1.29 is 9.60 Å². The van der Waals surface area contributed by atoms with Gasteiger partial charge in [0.2, 0.25) is 0 Å². The number of nitrogens with two attached hydrogens (primary N) is 1. The topological polar surface area (TPSA) is 88.5 Å². The number of rotatable bonds is 6. The van der Waals surface area contributed by atoms with Gasteiger partial charge in [-0.2, -0.15) is 5.10 Å². The molecule has 0 aliphatic carbocycles. The summed E-state index contributed by atoms with van der Waals surface area (Å²) in [5.74, 6) is -0.489. The predicted octanol–water partition coefficient (Wildman–Crippen LogP) is 0.986. The van der Waals surface area contributed by atoms with Crippen LogP contribution in [0.3, 0.4) is 0 Å². The Kier molecular flexibility index (Phi) is 4.89. The van der Waals surface area contributed by atoms with Gasteiger partial charge in [0.05, 0.1) is 0 Å². The number of amidine groups is 1. The zero-order valence-corrected chi connectivity index (χ0v) is 11.8. The lowest BCUT2D eigenvalue weighted by atomic mass is 10.1. The van der Waals surface area contributed by atoms with E-state index in [0.717, 1.165) is 18.7 Å². The third-order valence-electron chi connectivity index (χ3n) is 3.25. The van der Waals surface area contributed by atoms with Crippen LogP contribution in [0.25, 0.3) is 0 Å². The van der Waals surface area contributed by atoms with Crippen LogP contribution in [0.15, 0.2) is 35.6 Å². The summed E-state index contributed by atoms with van der Waals surface area (Å²) in [5.41, 5.74) is 7.42. The highest BCUT2D eigenvalue weighted by Crippen LogP contribution is 2.10. The van der Waals surface area contributed by atoms with Crippen LogP contribution in [-0.2, 0) is 20.0 Å². The molecule has 112 valence electrons. The third-order valence-corrected chi connectivity index (χ3v) is 3.25. The molecule has 0 saturated carbocycles. The van der Waals surface area contributed by atoms with E-state index in [1.54, 1.807) is 18.3 Å². The van der Waals surface area contributed by atoms with Crippen LogP contribution in [0.2, 0.25) is 0 Å². The lowest BCUT2D eigenvalue weighted by Gasteiger charge is -2.08. The average molecular weight is 291 g/mol. The molecule has 0 fully saturated rings. The first-order valence-electron chi connectivity index (χ1n) is 6.55. The summed E-state index contributed by atoms with van der Waals surface area (Å²) in [7, 11) is 1.89. The summed E-state index contributed by atoms with van der Waals surface area (Å²) < 4.78 is 15.7. The van der Waals surface area contributed by atoms with Crippen molar-refractivity contribution in [3.8, 4) is 0 Å². The Balaban J connectivity index is 1.87. The Morgan fingerprint density at radius 2 is 2.29 bits per heavy atom. The first-order valence-corrected chi connectivity index (χ1v) is 6.55. The number of halogens is 1. The molecule has 21 heavy (non-hydrogen) atoms. The normalized spacial score (nSPS) is 11.8. The van der Waals surface area contributed by atoms with Gasteiger partial charge < -0.3 is 16.3 Å². The first-order chi connectivity index (χ1) is 10.1. The molecule has 0 unspecified atom stereocenters. The van der Waals surface area contributed by atoms with Crippen LogP contribution in [0.4, 0.5) is 4.39 Å². The van der Waals surface area contributed by atoms with E-state index in [2.05, 4.69) is 15.6 Å². The first kappa shape index (κ1) is 15.0. The van der Waals surface area contributed by atoms with Crippen molar-refractivity contribution in [2.75, 3.05) is 6.54 Å². The minimum Gasteiger partial charge on any atom is -0.409 e. The van der Waals surface area contributed by atoms with Gasteiger partial charge in [-0.05, 0) is 12.1 Å². The lowest BCUT2D eigenvalue weighted by Crippen LogP contribution is -2.19. The van der Waals surface area contributed by atoms with Crippen LogP contribution >= 0.6 is 0 Å². The van der Waals surface area contributed by atoms with E-state index in [1.807, 2.05) is 17.8 Å². The SMILES string of the molecule is Cn1nccc1CCNCc1ccc(/C(N)=N/O)cc1F. The molecular formula is C14H18FN5O. The monoisotopic (exact) mass is 291 g/mol. The Labute approximate surface area is 122 Å². The van der Waals surface area contributed by atoms with Gasteiger partial charge in [0.15, 0.2) is 5.84 Å². The van der Waals surface area contributed by atoms with Crippen molar-refractivity contribution in [2.24, 2.45) is 17.9 Å². The fraction of sp³-hybridized carbons (Fsp3) is 0.286. The molecular weight excluding hydrogens is 273 g/mol. The van der Waals surface area contributed by atoms with E-state index in [1.165, 1.54) is 6.07 Å². The van der Waals surface area contributed by atoms with Crippen molar-refractivity contribution in [2.45, 2.75) is 13.0 Å². The van der Waals surface area contributed by atoms with Crippen molar-refractivity contribution in [1.82, 2.24) is 15.1 Å². The predicted molar refractivity (Wildman–Crippen MR) is 77.5 cm³/mol. The van der Waals surface area contributed by atoms with Gasteiger partial charge in [-0.25, -0.2) is 4.39 Å². The zero-order chi connectivity index (χ0) is 15.2. The summed E-state index contributed by atoms with van der Waals surface area (Å²) in [6.45, 7) is 1.14. The second-order valence-electron chi connectivity index (χ2n) is 4.66. The van der Waals surface area contributed by atoms with Gasteiger partial charge in [0, 0.05) is 49.6 Å². The van der Waals surface area contributed by atoms with Crippen LogP contribution in [0.5, 0.6) is 0 Å². The summed E-state index contributed by atoms with van der Waals surface area (Å²) in [4.78, 5) is 0. The van der Waals surface area contributed by atoms with Gasteiger partial charge >= 0.3 is 0 Å². The average Bonchev–Trinajstić information content (AvgIpc) is 2.89. The molecule has 0 amide bonds. The molecule has 1 heterocycles. The summed E-state index contributed by atoms with van der Waals surface area (Å²) >= 11 is 0. The van der Waals surface area contributed by atoms with Crippen molar-refractivity contribution >= 4 is 5.84 Å². The van der Waals surface area contributed by atoms with Crippen LogP contribution in [0.1, 0.15) is 16.8 Å². The minimum atomic E-state index is -0.382. The van der Waals surface area contributed by atoms with Gasteiger partial charge in [-0.3, -0.25) is 4.68 Å². The van der Waals surface area contributed by atoms with E-state index in [-0.39, 0.29) is 11.7 Å². The summed E-state index contributed by atoms with van der Waals surface area (Å²) in [6, 6.07) is 6.46. The maximum Gasteiger partial charge on any atom is 0.170 e. The lowest BCUT2D eigenvalue weighted by molar-refractivity contribution is 0.318. The molecule has 6 nitrogen and oxygen atoms in total. The maximum absolute atomic E-state index is 13.9. The maximum atomic E-state index is 13.9. The Morgan fingerprint density at radius 1 is 1.48 bits per heavy atom. The number of nitrogens with one attached hydrogen (secondary N) is 1. The second-order valence-corrected chi connectivity index (χ2v) is 4.66. The molecule has 1 aromatic heterocycles. The Bertz CT molecular complexity index is 638. The number of hydrogen-bond acceptors (Lipinski definition) is 4. The fourth-order valence-corrected chi connectivity index (χ4v) is 1.99. The van der Waals surface area contributed by atoms with Gasteiger partial charge in [-0.1, -0.05) is 17.3 Å². The molecule has 2 aromatic rings. The second kappa shape index (κ2) is 6.85. The molecule has 4 N–H and O–H groups in total. The van der Waals surface area contributed by atoms with Crippen molar-refractivity contribution in [3.05, 3.63) is 53.1 Å². The van der Waals surface area contributed by atoms with Crippen molar-refractivity contribution in [3.63, 3.8) is 0 Å². The Hall–Kier alpha value is -2.41. The summed E-state index contributed by atoms with van der Waals surface area (Å²) in [6.07, 6.45) is 2.57. The van der Waals surface area contributed by atoms with E-state index < -0.39 is 0 Å². The highest BCUT2D eigenvalue weighted by molar-refractivity contribution is 5.97. The highest BCUT2D eigenvalue weighted by atomic mass is 19.1. The molecule has 0 radical (unpaired) electrons. The van der Waals surface area contributed by atoms with E-state index >= 15 is 0 Å². The number of nitrogens with zero attached hydrogens (tertiary/aromatic N) is 3. The molecule has 7 heteroatoms. The van der Waals surface area contributed by atoms with E-state index in [0.29, 0.717) is 17.7 Å². The number of aromatic nitrogens is 2. The quantitative estimate of drug-likeness (QED) is 0.243. The van der Waals surface area contributed by atoms with Gasteiger partial charge in [0.25, 0.3) is 0 Å². The number of oxime groups is 1. The molecule has 1 aromatic carbocycles. The zero-order valence-electron chi connectivity index (χ0n) is 11.8. The van der Waals surface area contributed by atoms with Gasteiger partial charge in [0.1, 0.15) is 5.82 Å². The Morgan fingerprint density at radius 3 is 2.90 bits per heavy atom. The highest BCUT2D eigenvalue weighted by Gasteiger charge is 2.06. The molecule has 0 saturated heterocycles. The molecule has 0 spiro atoms. The third kappa shape index (κ3) is 3.79. The smallest absolute Gasteiger partial charge is 0.170 e. The molecule has 0 aliphatic rings. The molecule has 0 atom stereocenters. The van der Waals surface area contributed by atoms with Crippen LogP contribution in [0, 0.1) is 5.82 Å². The van der Waals surface area contributed by atoms with Crippen molar-refractivity contribution in [1.29, 1.82) is 0 Å². The molecule has 2 rings (SSSR count). The minimum absolute atomic E-state index is 0.107. The standard InChI is InChI=1S/C14H18FN5O/c1-20-12(5-7-18-20)4-6-17-9-11-3-2-10(8-13(11)15)14(16)19-21/h2-3,5,7-8,17,21H,4,6,9H2,1H3,(H2,16,19). The fourth-order valence-electron chi connectivity index (χ4n) is 1.99. The number of benzene rings is 1. The van der Waals surface area contributed by atoms with E-state index in [9.17, 15) is 4.39 Å².